The highest BCUT2D eigenvalue weighted by atomic mass is 19.1. The van der Waals surface area contributed by atoms with E-state index in [-0.39, 0.29) is 24.7 Å². The largest absolute Gasteiger partial charge is 0.350 e. The van der Waals surface area contributed by atoms with Crippen molar-refractivity contribution in [2.24, 2.45) is 0 Å². The predicted molar refractivity (Wildman–Crippen MR) is 72.5 cm³/mol. The van der Waals surface area contributed by atoms with E-state index in [1.165, 1.54) is 4.90 Å². The Morgan fingerprint density at radius 1 is 1.29 bits per heavy atom. The molecule has 0 spiro atoms. The summed E-state index contributed by atoms with van der Waals surface area (Å²) in [6, 6.07) is 2.57. The van der Waals surface area contributed by atoms with Gasteiger partial charge in [-0.15, -0.1) is 0 Å². The summed E-state index contributed by atoms with van der Waals surface area (Å²) in [6.07, 6.45) is 0. The summed E-state index contributed by atoms with van der Waals surface area (Å²) in [5, 5.41) is 15.6. The van der Waals surface area contributed by atoms with E-state index in [0.29, 0.717) is 0 Å². The van der Waals surface area contributed by atoms with Crippen molar-refractivity contribution in [1.82, 2.24) is 15.5 Å². The van der Waals surface area contributed by atoms with E-state index in [1.807, 2.05) is 0 Å². The average Bonchev–Trinajstić information content (AvgIpc) is 2.43. The number of urea groups is 1. The van der Waals surface area contributed by atoms with Gasteiger partial charge >= 0.3 is 11.7 Å². The Balaban J connectivity index is 2.55. The van der Waals surface area contributed by atoms with Crippen molar-refractivity contribution < 1.29 is 18.9 Å². The first-order valence-electron chi connectivity index (χ1n) is 6.00. The molecule has 0 saturated heterocycles. The molecule has 2 N–H and O–H groups in total. The monoisotopic (exact) mass is 298 g/mol. The van der Waals surface area contributed by atoms with E-state index >= 15 is 0 Å². The second kappa shape index (κ2) is 7.17. The molecule has 3 amide bonds. The Hall–Kier alpha value is -2.71. The summed E-state index contributed by atoms with van der Waals surface area (Å²) in [7, 11) is 3.15. The number of nitrogens with zero attached hydrogens (tertiary/aromatic N) is 2. The lowest BCUT2D eigenvalue weighted by Crippen LogP contribution is -2.39. The second-order valence-corrected chi connectivity index (χ2v) is 4.31. The molecule has 0 aliphatic rings. The molecular formula is C12H15FN4O4. The van der Waals surface area contributed by atoms with Crippen LogP contribution in [-0.2, 0) is 0 Å². The standard InChI is InChI=1S/C12H15FN4O4/c1-16(2)12(19)15-6-5-14-11(18)8-3-4-9(13)10(7-8)17(20)21/h3-4,7H,5-6H2,1-2H3,(H,14,18)(H,15,19). The number of benzene rings is 1. The number of carbonyl (C=O) groups is 2. The van der Waals surface area contributed by atoms with Gasteiger partial charge in [-0.3, -0.25) is 14.9 Å². The molecule has 0 bridgehead atoms. The zero-order chi connectivity index (χ0) is 16.0. The van der Waals surface area contributed by atoms with Gasteiger partial charge in [-0.05, 0) is 12.1 Å². The molecule has 1 aromatic rings. The molecule has 0 heterocycles. The fourth-order valence-electron chi connectivity index (χ4n) is 1.40. The van der Waals surface area contributed by atoms with Gasteiger partial charge in [-0.1, -0.05) is 0 Å². The third-order valence-corrected chi connectivity index (χ3v) is 2.50. The lowest BCUT2D eigenvalue weighted by molar-refractivity contribution is -0.387. The molecule has 0 aliphatic carbocycles. The maximum absolute atomic E-state index is 13.1. The molecule has 0 unspecified atom stereocenters. The van der Waals surface area contributed by atoms with Crippen LogP contribution in [0.5, 0.6) is 0 Å². The van der Waals surface area contributed by atoms with Crippen LogP contribution in [0.15, 0.2) is 18.2 Å². The van der Waals surface area contributed by atoms with Crippen molar-refractivity contribution in [3.63, 3.8) is 0 Å². The summed E-state index contributed by atoms with van der Waals surface area (Å²) in [5.74, 6) is -1.59. The van der Waals surface area contributed by atoms with Crippen molar-refractivity contribution in [2.75, 3.05) is 27.2 Å². The minimum absolute atomic E-state index is 0.0259. The molecule has 1 aromatic carbocycles. The van der Waals surface area contributed by atoms with Crippen LogP contribution < -0.4 is 10.6 Å². The highest BCUT2D eigenvalue weighted by Crippen LogP contribution is 2.18. The molecule has 0 atom stereocenters. The first-order valence-corrected chi connectivity index (χ1v) is 6.00. The summed E-state index contributed by atoms with van der Waals surface area (Å²) in [4.78, 5) is 33.9. The molecule has 8 nitrogen and oxygen atoms in total. The second-order valence-electron chi connectivity index (χ2n) is 4.31. The number of hydrogen-bond acceptors (Lipinski definition) is 4. The molecule has 9 heteroatoms. The Kier molecular flexibility index (Phi) is 5.58. The van der Waals surface area contributed by atoms with E-state index in [4.69, 9.17) is 0 Å². The van der Waals surface area contributed by atoms with Crippen molar-refractivity contribution >= 4 is 17.6 Å². The first kappa shape index (κ1) is 16.3. The highest BCUT2D eigenvalue weighted by molar-refractivity contribution is 5.94. The van der Waals surface area contributed by atoms with Gasteiger partial charge in [0.2, 0.25) is 5.82 Å². The number of carbonyl (C=O) groups excluding carboxylic acids is 2. The molecule has 21 heavy (non-hydrogen) atoms. The molecule has 114 valence electrons. The lowest BCUT2D eigenvalue weighted by Gasteiger charge is -2.12. The van der Waals surface area contributed by atoms with Gasteiger partial charge in [-0.25, -0.2) is 4.79 Å². The van der Waals surface area contributed by atoms with Gasteiger partial charge in [0, 0.05) is 38.8 Å². The summed E-state index contributed by atoms with van der Waals surface area (Å²) >= 11 is 0. The van der Waals surface area contributed by atoms with E-state index < -0.39 is 22.3 Å². The third kappa shape index (κ3) is 4.71. The van der Waals surface area contributed by atoms with Gasteiger partial charge in [-0.2, -0.15) is 4.39 Å². The summed E-state index contributed by atoms with van der Waals surface area (Å²) in [6.45, 7) is 0.343. The van der Waals surface area contributed by atoms with Crippen LogP contribution in [0.1, 0.15) is 10.4 Å². The van der Waals surface area contributed by atoms with Gasteiger partial charge in [0.1, 0.15) is 0 Å². The van der Waals surface area contributed by atoms with E-state index in [1.54, 1.807) is 14.1 Å². The molecule has 0 fully saturated rings. The van der Waals surface area contributed by atoms with Crippen molar-refractivity contribution in [3.8, 4) is 0 Å². The summed E-state index contributed by atoms with van der Waals surface area (Å²) in [5.41, 5.74) is -0.786. The Morgan fingerprint density at radius 3 is 2.48 bits per heavy atom. The molecule has 0 aromatic heterocycles. The number of nitrogens with one attached hydrogen (secondary N) is 2. The SMILES string of the molecule is CN(C)C(=O)NCCNC(=O)c1ccc(F)c([N+](=O)[O-])c1. The third-order valence-electron chi connectivity index (χ3n) is 2.50. The fraction of sp³-hybridized carbons (Fsp3) is 0.333. The molecule has 0 radical (unpaired) electrons. The Morgan fingerprint density at radius 2 is 1.90 bits per heavy atom. The Labute approximate surface area is 120 Å². The van der Waals surface area contributed by atoms with Gasteiger partial charge in [0.25, 0.3) is 5.91 Å². The smallest absolute Gasteiger partial charge is 0.316 e. The van der Waals surface area contributed by atoms with Gasteiger partial charge in [0.15, 0.2) is 0 Å². The Bertz CT molecular complexity index is 562. The van der Waals surface area contributed by atoms with Gasteiger partial charge in [0.05, 0.1) is 4.92 Å². The van der Waals surface area contributed by atoms with E-state index in [2.05, 4.69) is 10.6 Å². The van der Waals surface area contributed by atoms with Crippen LogP contribution >= 0.6 is 0 Å². The molecule has 1 rings (SSSR count). The van der Waals surface area contributed by atoms with Crippen molar-refractivity contribution in [2.45, 2.75) is 0 Å². The van der Waals surface area contributed by atoms with Crippen LogP contribution in [0, 0.1) is 15.9 Å². The average molecular weight is 298 g/mol. The van der Waals surface area contributed by atoms with Crippen LogP contribution in [-0.4, -0.2) is 48.9 Å². The molecule has 0 saturated carbocycles. The van der Waals surface area contributed by atoms with Crippen LogP contribution in [0.4, 0.5) is 14.9 Å². The maximum Gasteiger partial charge on any atom is 0.316 e. The number of hydrogen-bond donors (Lipinski definition) is 2. The lowest BCUT2D eigenvalue weighted by atomic mass is 10.2. The molecule has 0 aliphatic heterocycles. The summed E-state index contributed by atoms with van der Waals surface area (Å²) < 4.78 is 13.1. The minimum Gasteiger partial charge on any atom is -0.350 e. The van der Waals surface area contributed by atoms with E-state index in [9.17, 15) is 24.1 Å². The number of nitro groups is 1. The quantitative estimate of drug-likeness (QED) is 0.475. The van der Waals surface area contributed by atoms with Crippen molar-refractivity contribution in [1.29, 1.82) is 0 Å². The topological polar surface area (TPSA) is 105 Å². The predicted octanol–water partition coefficient (Wildman–Crippen LogP) is 0.735. The normalized spacial score (nSPS) is 9.86. The number of rotatable bonds is 5. The van der Waals surface area contributed by atoms with Crippen LogP contribution in [0.2, 0.25) is 0 Å². The van der Waals surface area contributed by atoms with Crippen LogP contribution in [0.25, 0.3) is 0 Å². The minimum atomic E-state index is -1.00. The zero-order valence-electron chi connectivity index (χ0n) is 11.6. The highest BCUT2D eigenvalue weighted by Gasteiger charge is 2.17. The molecular weight excluding hydrogens is 283 g/mol. The van der Waals surface area contributed by atoms with Crippen LogP contribution in [0.3, 0.4) is 0 Å². The first-order chi connectivity index (χ1) is 9.82. The number of halogens is 1. The maximum atomic E-state index is 13.1. The van der Waals surface area contributed by atoms with E-state index in [0.717, 1.165) is 18.2 Å². The van der Waals surface area contributed by atoms with Gasteiger partial charge < -0.3 is 15.5 Å². The zero-order valence-corrected chi connectivity index (χ0v) is 11.6. The number of nitro benzene ring substituents is 1. The van der Waals surface area contributed by atoms with Crippen molar-refractivity contribution in [3.05, 3.63) is 39.7 Å². The number of amides is 3. The fourth-order valence-corrected chi connectivity index (χ4v) is 1.40.